The Balaban J connectivity index is 1.32. The van der Waals surface area contributed by atoms with Crippen molar-refractivity contribution in [2.45, 2.75) is 44.2 Å². The van der Waals surface area contributed by atoms with Gasteiger partial charge in [-0.2, -0.15) is 5.10 Å². The minimum Gasteiger partial charge on any atom is -0.507 e. The molecule has 1 atom stereocenters. The molecule has 33 heavy (non-hydrogen) atoms. The van der Waals surface area contributed by atoms with Crippen LogP contribution in [-0.2, 0) is 0 Å². The zero-order valence-electron chi connectivity index (χ0n) is 18.8. The average Bonchev–Trinajstić information content (AvgIpc) is 3.27. The molecule has 1 unspecified atom stereocenters. The first kappa shape index (κ1) is 21.5. The number of ether oxygens (including phenoxy) is 1. The Kier molecular flexibility index (Phi) is 5.57. The van der Waals surface area contributed by atoms with E-state index in [9.17, 15) is 9.50 Å². The SMILES string of the molecule is COc1cc(-c2cc(O)c(-c3ccc(N4CCC(NC5(C)CCC5)C4)nn3)cc2F)cnn1. The summed E-state index contributed by atoms with van der Waals surface area (Å²) >= 11 is 0. The monoisotopic (exact) mass is 450 g/mol. The van der Waals surface area contributed by atoms with Crippen LogP contribution in [0.5, 0.6) is 11.6 Å². The molecule has 2 fully saturated rings. The van der Waals surface area contributed by atoms with E-state index in [-0.39, 0.29) is 28.3 Å². The van der Waals surface area contributed by atoms with Gasteiger partial charge in [-0.3, -0.25) is 0 Å². The highest BCUT2D eigenvalue weighted by molar-refractivity contribution is 5.75. The van der Waals surface area contributed by atoms with Crippen molar-refractivity contribution in [3.05, 3.63) is 42.3 Å². The summed E-state index contributed by atoms with van der Waals surface area (Å²) < 4.78 is 20.0. The molecular weight excluding hydrogens is 423 g/mol. The molecule has 1 saturated heterocycles. The lowest BCUT2D eigenvalue weighted by Gasteiger charge is -2.41. The summed E-state index contributed by atoms with van der Waals surface area (Å²) in [5, 5.41) is 30.6. The number of hydrogen-bond donors (Lipinski definition) is 2. The lowest BCUT2D eigenvalue weighted by Crippen LogP contribution is -2.53. The van der Waals surface area contributed by atoms with Crippen LogP contribution in [0.1, 0.15) is 32.6 Å². The molecule has 3 aromatic rings. The first-order valence-corrected chi connectivity index (χ1v) is 11.2. The van der Waals surface area contributed by atoms with Crippen molar-refractivity contribution in [3.8, 4) is 34.0 Å². The molecule has 1 saturated carbocycles. The minimum absolute atomic E-state index is 0.0941. The van der Waals surface area contributed by atoms with Gasteiger partial charge in [0.2, 0.25) is 5.88 Å². The molecule has 3 heterocycles. The van der Waals surface area contributed by atoms with Crippen molar-refractivity contribution in [3.63, 3.8) is 0 Å². The third-order valence-corrected chi connectivity index (χ3v) is 6.69. The third kappa shape index (κ3) is 4.32. The summed E-state index contributed by atoms with van der Waals surface area (Å²) in [6, 6.07) is 8.26. The van der Waals surface area contributed by atoms with Gasteiger partial charge in [-0.1, -0.05) is 0 Å². The van der Waals surface area contributed by atoms with Crippen molar-refractivity contribution in [2.24, 2.45) is 0 Å². The molecule has 0 bridgehead atoms. The van der Waals surface area contributed by atoms with Gasteiger partial charge in [-0.05, 0) is 56.9 Å². The molecule has 1 aliphatic heterocycles. The van der Waals surface area contributed by atoms with Crippen LogP contribution in [0.4, 0.5) is 10.2 Å². The standard InChI is InChI=1S/C24H27FN6O2/c1-24(7-3-8-24)27-16-6-9-31(14-16)22-5-4-20(28-29-22)18-11-19(25)17(12-21(18)32)15-10-23(33-2)30-26-13-15/h4-5,10-13,16,27,32H,3,6-9,14H2,1-2H3. The zero-order chi connectivity index (χ0) is 23.0. The smallest absolute Gasteiger partial charge is 0.233 e. The fourth-order valence-electron chi connectivity index (χ4n) is 4.65. The number of aromatic hydroxyl groups is 1. The largest absolute Gasteiger partial charge is 0.507 e. The number of nitrogens with zero attached hydrogens (tertiary/aromatic N) is 5. The lowest BCUT2D eigenvalue weighted by molar-refractivity contribution is 0.189. The normalized spacial score (nSPS) is 19.4. The van der Waals surface area contributed by atoms with Gasteiger partial charge in [0.1, 0.15) is 11.6 Å². The Morgan fingerprint density at radius 2 is 2.00 bits per heavy atom. The van der Waals surface area contributed by atoms with Crippen LogP contribution in [0.3, 0.4) is 0 Å². The molecule has 0 amide bonds. The van der Waals surface area contributed by atoms with E-state index in [0.717, 1.165) is 25.3 Å². The van der Waals surface area contributed by atoms with E-state index < -0.39 is 5.82 Å². The van der Waals surface area contributed by atoms with Crippen LogP contribution in [0.2, 0.25) is 0 Å². The number of halogens is 1. The fourth-order valence-corrected chi connectivity index (χ4v) is 4.65. The van der Waals surface area contributed by atoms with Crippen molar-refractivity contribution in [1.82, 2.24) is 25.7 Å². The number of nitrogens with one attached hydrogen (secondary N) is 1. The fraction of sp³-hybridized carbons (Fsp3) is 0.417. The van der Waals surface area contributed by atoms with E-state index in [4.69, 9.17) is 4.74 Å². The van der Waals surface area contributed by atoms with E-state index in [1.807, 2.05) is 6.07 Å². The second-order valence-corrected chi connectivity index (χ2v) is 9.10. The summed E-state index contributed by atoms with van der Waals surface area (Å²) in [5.74, 6) is 0.441. The van der Waals surface area contributed by atoms with Crippen LogP contribution >= 0.6 is 0 Å². The third-order valence-electron chi connectivity index (χ3n) is 6.69. The van der Waals surface area contributed by atoms with E-state index >= 15 is 0 Å². The molecule has 8 nitrogen and oxygen atoms in total. The van der Waals surface area contributed by atoms with Crippen molar-refractivity contribution in [1.29, 1.82) is 0 Å². The van der Waals surface area contributed by atoms with Gasteiger partial charge >= 0.3 is 0 Å². The molecule has 1 aromatic carbocycles. The summed E-state index contributed by atoms with van der Waals surface area (Å²) in [6.45, 7) is 4.10. The molecule has 9 heteroatoms. The summed E-state index contributed by atoms with van der Waals surface area (Å²) in [5.41, 5.74) is 1.62. The molecule has 2 N–H and O–H groups in total. The van der Waals surface area contributed by atoms with Crippen LogP contribution in [0.25, 0.3) is 22.4 Å². The van der Waals surface area contributed by atoms with Crippen LogP contribution in [0.15, 0.2) is 36.5 Å². The van der Waals surface area contributed by atoms with Crippen LogP contribution < -0.4 is 15.0 Å². The molecule has 0 radical (unpaired) electrons. The van der Waals surface area contributed by atoms with Gasteiger partial charge in [0, 0.05) is 47.4 Å². The molecule has 172 valence electrons. The highest BCUT2D eigenvalue weighted by Crippen LogP contribution is 2.36. The number of benzene rings is 1. The number of aromatic nitrogens is 4. The highest BCUT2D eigenvalue weighted by Gasteiger charge is 2.35. The number of rotatable bonds is 6. The summed E-state index contributed by atoms with van der Waals surface area (Å²) in [6.07, 6.45) is 6.26. The predicted molar refractivity (Wildman–Crippen MR) is 123 cm³/mol. The Bertz CT molecular complexity index is 1150. The first-order valence-electron chi connectivity index (χ1n) is 11.2. The quantitative estimate of drug-likeness (QED) is 0.589. The van der Waals surface area contributed by atoms with Gasteiger partial charge in [-0.15, -0.1) is 15.3 Å². The number of anilines is 1. The number of phenolic OH excluding ortho intramolecular Hbond substituents is 1. The molecule has 2 aromatic heterocycles. The minimum atomic E-state index is -0.512. The Morgan fingerprint density at radius 3 is 2.70 bits per heavy atom. The molecule has 1 aliphatic carbocycles. The molecule has 5 rings (SSSR count). The second-order valence-electron chi connectivity index (χ2n) is 9.10. The number of hydrogen-bond acceptors (Lipinski definition) is 8. The Labute approximate surface area is 191 Å². The maximum atomic E-state index is 14.9. The Hall–Kier alpha value is -3.33. The van der Waals surface area contributed by atoms with Gasteiger partial charge in [0.15, 0.2) is 5.82 Å². The second kappa shape index (κ2) is 8.55. The number of phenols is 1. The van der Waals surface area contributed by atoms with E-state index in [1.54, 1.807) is 12.1 Å². The van der Waals surface area contributed by atoms with Crippen molar-refractivity contribution < 1.29 is 14.2 Å². The van der Waals surface area contributed by atoms with Gasteiger partial charge in [0.25, 0.3) is 0 Å². The van der Waals surface area contributed by atoms with Gasteiger partial charge in [0.05, 0.1) is 19.0 Å². The summed E-state index contributed by atoms with van der Waals surface area (Å²) in [4.78, 5) is 2.21. The van der Waals surface area contributed by atoms with Gasteiger partial charge in [-0.25, -0.2) is 4.39 Å². The average molecular weight is 451 g/mol. The molecule has 2 aliphatic rings. The van der Waals surface area contributed by atoms with Crippen molar-refractivity contribution >= 4 is 5.82 Å². The maximum Gasteiger partial charge on any atom is 0.233 e. The predicted octanol–water partition coefficient (Wildman–Crippen LogP) is 3.56. The van der Waals surface area contributed by atoms with Crippen LogP contribution in [0, 0.1) is 5.82 Å². The molecular formula is C24H27FN6O2. The van der Waals surface area contributed by atoms with E-state index in [2.05, 4.69) is 37.5 Å². The van der Waals surface area contributed by atoms with Crippen LogP contribution in [-0.4, -0.2) is 57.3 Å². The van der Waals surface area contributed by atoms with E-state index in [0.29, 0.717) is 17.3 Å². The zero-order valence-corrected chi connectivity index (χ0v) is 18.8. The highest BCUT2D eigenvalue weighted by atomic mass is 19.1. The summed E-state index contributed by atoms with van der Waals surface area (Å²) in [7, 11) is 1.46. The topological polar surface area (TPSA) is 96.3 Å². The lowest BCUT2D eigenvalue weighted by atomic mass is 9.78. The van der Waals surface area contributed by atoms with Crippen molar-refractivity contribution in [2.75, 3.05) is 25.1 Å². The first-order chi connectivity index (χ1) is 15.9. The number of methoxy groups -OCH3 is 1. The molecule has 0 spiro atoms. The van der Waals surface area contributed by atoms with Gasteiger partial charge < -0.3 is 20.1 Å². The Morgan fingerprint density at radius 1 is 1.15 bits per heavy atom. The van der Waals surface area contributed by atoms with E-state index in [1.165, 1.54) is 44.7 Å². The maximum absolute atomic E-state index is 14.9.